The molecule has 1 aliphatic heterocycles. The summed E-state index contributed by atoms with van der Waals surface area (Å²) in [5, 5.41) is 2.44. The number of anilines is 2. The first-order chi connectivity index (χ1) is 16.3. The third-order valence-corrected chi connectivity index (χ3v) is 8.36. The highest BCUT2D eigenvalue weighted by Crippen LogP contribution is 2.59. The molecule has 10 heteroatoms. The van der Waals surface area contributed by atoms with Crippen LogP contribution in [-0.4, -0.2) is 41.1 Å². The van der Waals surface area contributed by atoms with E-state index in [2.05, 4.69) is 5.32 Å². The highest BCUT2D eigenvalue weighted by molar-refractivity contribution is 6.32. The maximum absolute atomic E-state index is 13.2. The van der Waals surface area contributed by atoms with Crippen molar-refractivity contribution in [2.24, 2.45) is 23.7 Å². The summed E-state index contributed by atoms with van der Waals surface area (Å²) in [6, 6.07) is 12.5. The number of amides is 3. The second kappa shape index (κ2) is 8.87. The van der Waals surface area contributed by atoms with Crippen LogP contribution in [0.4, 0.5) is 11.4 Å². The molecular weight excluding hydrogens is 503 g/mol. The number of fused-ring (bicyclic) bond motifs is 5. The van der Waals surface area contributed by atoms with E-state index >= 15 is 0 Å². The third-order valence-electron chi connectivity index (χ3n) is 6.79. The van der Waals surface area contributed by atoms with Gasteiger partial charge in [-0.1, -0.05) is 17.7 Å². The number of imide groups is 1. The quantitative estimate of drug-likeness (QED) is 0.363. The van der Waals surface area contributed by atoms with Crippen LogP contribution >= 0.6 is 34.8 Å². The van der Waals surface area contributed by atoms with Gasteiger partial charge in [-0.25, -0.2) is 4.79 Å². The normalized spacial score (nSPS) is 29.3. The van der Waals surface area contributed by atoms with Crippen molar-refractivity contribution in [3.8, 4) is 0 Å². The van der Waals surface area contributed by atoms with Crippen molar-refractivity contribution in [3.63, 3.8) is 0 Å². The summed E-state index contributed by atoms with van der Waals surface area (Å²) in [6.07, 6.45) is 0.674. The van der Waals surface area contributed by atoms with E-state index < -0.39 is 30.3 Å². The van der Waals surface area contributed by atoms with Gasteiger partial charge in [-0.05, 0) is 60.7 Å². The molecule has 1 heterocycles. The number of ether oxygens (including phenoxy) is 1. The highest BCUT2D eigenvalue weighted by atomic mass is 35.5. The number of halogens is 3. The van der Waals surface area contributed by atoms with Crippen LogP contribution in [0.5, 0.6) is 0 Å². The minimum Gasteiger partial charge on any atom is -0.452 e. The molecule has 0 unspecified atom stereocenters. The number of esters is 1. The van der Waals surface area contributed by atoms with Gasteiger partial charge in [0.15, 0.2) is 6.61 Å². The van der Waals surface area contributed by atoms with E-state index in [0.717, 1.165) is 4.90 Å². The Morgan fingerprint density at radius 3 is 2.21 bits per heavy atom. The predicted molar refractivity (Wildman–Crippen MR) is 127 cm³/mol. The molecule has 3 fully saturated rings. The molecule has 2 aromatic rings. The lowest BCUT2D eigenvalue weighted by Crippen LogP contribution is -2.37. The minimum atomic E-state index is -0.755. The van der Waals surface area contributed by atoms with E-state index in [1.165, 1.54) is 12.1 Å². The Morgan fingerprint density at radius 2 is 1.59 bits per heavy atom. The summed E-state index contributed by atoms with van der Waals surface area (Å²) in [4.78, 5) is 52.1. The number of nitrogens with zero attached hydrogens (tertiary/aromatic N) is 1. The first-order valence-corrected chi connectivity index (χ1v) is 12.0. The average molecular weight is 522 g/mol. The molecule has 0 spiro atoms. The van der Waals surface area contributed by atoms with Gasteiger partial charge in [-0.2, -0.15) is 0 Å². The van der Waals surface area contributed by atoms with Gasteiger partial charge < -0.3 is 10.1 Å². The van der Waals surface area contributed by atoms with Crippen molar-refractivity contribution in [2.45, 2.75) is 17.2 Å². The molecule has 3 aliphatic rings. The molecule has 176 valence electrons. The Morgan fingerprint density at radius 1 is 0.971 bits per heavy atom. The highest BCUT2D eigenvalue weighted by Gasteiger charge is 2.66. The van der Waals surface area contributed by atoms with Crippen LogP contribution in [0.3, 0.4) is 0 Å². The fourth-order valence-electron chi connectivity index (χ4n) is 5.32. The van der Waals surface area contributed by atoms with Gasteiger partial charge in [0, 0.05) is 10.7 Å². The average Bonchev–Trinajstić information content (AvgIpc) is 3.44. The number of alkyl halides is 2. The lowest BCUT2D eigenvalue weighted by atomic mass is 9.80. The van der Waals surface area contributed by atoms with Crippen molar-refractivity contribution in [3.05, 3.63) is 59.1 Å². The largest absolute Gasteiger partial charge is 0.452 e. The van der Waals surface area contributed by atoms with Crippen LogP contribution < -0.4 is 10.2 Å². The Balaban J connectivity index is 1.26. The van der Waals surface area contributed by atoms with E-state index in [-0.39, 0.29) is 45.7 Å². The predicted octanol–water partition coefficient (Wildman–Crippen LogP) is 4.11. The molecule has 6 atom stereocenters. The number of rotatable bonds is 5. The first-order valence-electron chi connectivity index (χ1n) is 10.7. The van der Waals surface area contributed by atoms with Gasteiger partial charge in [0.05, 0.1) is 33.8 Å². The second-order valence-electron chi connectivity index (χ2n) is 8.70. The summed E-state index contributed by atoms with van der Waals surface area (Å²) in [6.45, 7) is -0.505. The van der Waals surface area contributed by atoms with Crippen molar-refractivity contribution in [2.75, 3.05) is 16.8 Å². The van der Waals surface area contributed by atoms with Crippen molar-refractivity contribution < 1.29 is 23.9 Å². The molecule has 3 amide bonds. The summed E-state index contributed by atoms with van der Waals surface area (Å²) < 4.78 is 5.10. The molecule has 1 saturated heterocycles. The Labute approximate surface area is 210 Å². The van der Waals surface area contributed by atoms with E-state index in [0.29, 0.717) is 17.1 Å². The second-order valence-corrected chi connectivity index (χ2v) is 10.1. The molecule has 34 heavy (non-hydrogen) atoms. The number of carbonyl (C=O) groups excluding carboxylic acids is 4. The van der Waals surface area contributed by atoms with Crippen LogP contribution in [0.25, 0.3) is 0 Å². The summed E-state index contributed by atoms with van der Waals surface area (Å²) in [5.74, 6) is -3.14. The Bertz CT molecular complexity index is 1160. The molecule has 1 N–H and O–H groups in total. The van der Waals surface area contributed by atoms with Gasteiger partial charge >= 0.3 is 5.97 Å². The van der Waals surface area contributed by atoms with E-state index in [1.54, 1.807) is 36.4 Å². The summed E-state index contributed by atoms with van der Waals surface area (Å²) in [7, 11) is 0. The minimum absolute atomic E-state index is 0.114. The first kappa shape index (κ1) is 23.1. The molecule has 0 radical (unpaired) electrons. The number of nitrogens with one attached hydrogen (secondary N) is 1. The lowest BCUT2D eigenvalue weighted by molar-refractivity contribution is -0.123. The number of benzene rings is 2. The van der Waals surface area contributed by atoms with Crippen LogP contribution in [0.2, 0.25) is 5.02 Å². The van der Waals surface area contributed by atoms with Gasteiger partial charge in [0.2, 0.25) is 11.8 Å². The SMILES string of the molecule is O=C(COC(=O)c1cccc(N2C(=O)[C@@H]3[C@H]4C[C@@H]([C@H](Cl)[C@@H]4Cl)[C@@H]3C2=O)c1)Nc1ccc(Cl)cc1. The summed E-state index contributed by atoms with van der Waals surface area (Å²) in [5.41, 5.74) is 0.903. The van der Waals surface area contributed by atoms with Crippen LogP contribution in [0.1, 0.15) is 16.8 Å². The number of carbonyl (C=O) groups is 4. The topological polar surface area (TPSA) is 92.8 Å². The zero-order valence-corrected chi connectivity index (χ0v) is 19.9. The molecule has 5 rings (SSSR count). The van der Waals surface area contributed by atoms with Crippen molar-refractivity contribution in [1.29, 1.82) is 0 Å². The molecule has 2 aliphatic carbocycles. The van der Waals surface area contributed by atoms with Gasteiger partial charge in [0.1, 0.15) is 0 Å². The monoisotopic (exact) mass is 520 g/mol. The Hall–Kier alpha value is -2.61. The molecule has 2 bridgehead atoms. The maximum Gasteiger partial charge on any atom is 0.338 e. The third kappa shape index (κ3) is 3.85. The van der Waals surface area contributed by atoms with E-state index in [9.17, 15) is 19.2 Å². The zero-order valence-electron chi connectivity index (χ0n) is 17.6. The van der Waals surface area contributed by atoms with Crippen LogP contribution in [0.15, 0.2) is 48.5 Å². The van der Waals surface area contributed by atoms with Crippen molar-refractivity contribution in [1.82, 2.24) is 0 Å². The van der Waals surface area contributed by atoms with Gasteiger partial charge in [-0.3, -0.25) is 19.3 Å². The zero-order chi connectivity index (χ0) is 24.1. The van der Waals surface area contributed by atoms with Gasteiger partial charge in [-0.15, -0.1) is 23.2 Å². The summed E-state index contributed by atoms with van der Waals surface area (Å²) >= 11 is 18.6. The number of hydrogen-bond donors (Lipinski definition) is 1. The fourth-order valence-corrected chi connectivity index (χ4v) is 6.34. The van der Waals surface area contributed by atoms with Gasteiger partial charge in [0.25, 0.3) is 5.91 Å². The molecular formula is C24H19Cl3N2O5. The Kier molecular flexibility index (Phi) is 6.04. The van der Waals surface area contributed by atoms with E-state index in [1.807, 2.05) is 0 Å². The molecule has 7 nitrogen and oxygen atoms in total. The molecule has 2 aromatic carbocycles. The molecule has 2 saturated carbocycles. The number of hydrogen-bond acceptors (Lipinski definition) is 5. The van der Waals surface area contributed by atoms with Crippen LogP contribution in [-0.2, 0) is 19.1 Å². The lowest BCUT2D eigenvalue weighted by Gasteiger charge is -2.28. The standard InChI is InChI=1S/C24H19Cl3N2O5/c25-12-4-6-13(7-5-12)28-17(30)10-34-24(33)11-2-1-3-14(8-11)29-22(31)18-15-9-16(19(18)23(29)32)21(27)20(15)26/h1-8,15-16,18-21H,9-10H2,(H,28,30)/t15-,16-,18-,19+,20-,21+/m1/s1. The van der Waals surface area contributed by atoms with E-state index in [4.69, 9.17) is 39.5 Å². The maximum atomic E-state index is 13.2. The smallest absolute Gasteiger partial charge is 0.338 e. The fraction of sp³-hybridized carbons (Fsp3) is 0.333. The molecule has 0 aromatic heterocycles. The van der Waals surface area contributed by atoms with Crippen LogP contribution in [0, 0.1) is 23.7 Å². The van der Waals surface area contributed by atoms with Crippen molar-refractivity contribution >= 4 is 69.9 Å².